The molecule has 0 N–H and O–H groups in total. The molecule has 13 aromatic rings. The average molecular weight is 901 g/mol. The number of nitrogens with zero attached hydrogens (tertiary/aromatic N) is 2. The third kappa shape index (κ3) is 7.37. The third-order valence-corrected chi connectivity index (χ3v) is 14.4. The van der Waals surface area contributed by atoms with Crippen molar-refractivity contribution in [3.05, 3.63) is 267 Å². The van der Waals surface area contributed by atoms with Crippen molar-refractivity contribution in [3.8, 4) is 61.3 Å². The summed E-state index contributed by atoms with van der Waals surface area (Å²) in [5.41, 5.74) is 13.7. The fourth-order valence-electron chi connectivity index (χ4n) is 9.95. The van der Waals surface area contributed by atoms with Gasteiger partial charge in [-0.25, -0.2) is 0 Å². The van der Waals surface area contributed by atoms with Gasteiger partial charge < -0.3 is 9.47 Å². The summed E-state index contributed by atoms with van der Waals surface area (Å²) in [5.74, 6) is 0. The SMILES string of the molecule is [2H]c1c([2H])c(N(c2ccc(-c3ccccc3)cc2)c2ccc(-c3ccccc3)cc2)c([2H])c([2H])c1-c1cc(-c2ccc3c(c2)sc2ccccc23)cc(-c2cccc3c2c2ccccc2n3-c2ccccc2)c1. The third-order valence-electron chi connectivity index (χ3n) is 13.3. The van der Waals surface area contributed by atoms with Gasteiger partial charge >= 0.3 is 0 Å². The van der Waals surface area contributed by atoms with Gasteiger partial charge in [-0.2, -0.15) is 0 Å². The van der Waals surface area contributed by atoms with E-state index in [0.29, 0.717) is 16.9 Å². The number of hydrogen-bond acceptors (Lipinski definition) is 2. The lowest BCUT2D eigenvalue weighted by molar-refractivity contribution is 1.18. The zero-order valence-electron chi connectivity index (χ0n) is 41.4. The summed E-state index contributed by atoms with van der Waals surface area (Å²) in [6.45, 7) is 0. The van der Waals surface area contributed by atoms with Gasteiger partial charge in [0.25, 0.3) is 0 Å². The molecule has 13 rings (SSSR count). The monoisotopic (exact) mass is 900 g/mol. The minimum atomic E-state index is -0.137. The van der Waals surface area contributed by atoms with Gasteiger partial charge in [0.2, 0.25) is 0 Å². The molecule has 0 saturated heterocycles. The predicted octanol–water partition coefficient (Wildman–Crippen LogP) is 19.0. The maximum atomic E-state index is 9.96. The minimum Gasteiger partial charge on any atom is -0.311 e. The van der Waals surface area contributed by atoms with Gasteiger partial charge in [0.1, 0.15) is 0 Å². The molecular weight excluding hydrogens is 853 g/mol. The second-order valence-corrected chi connectivity index (χ2v) is 18.5. The molecule has 0 amide bonds. The molecule has 0 spiro atoms. The smallest absolute Gasteiger partial charge is 0.0645 e. The Hall–Kier alpha value is -8.76. The summed E-state index contributed by atoms with van der Waals surface area (Å²) in [4.78, 5) is 1.86. The van der Waals surface area contributed by atoms with E-state index in [4.69, 9.17) is 0 Å². The fourth-order valence-corrected chi connectivity index (χ4v) is 11.1. The van der Waals surface area contributed by atoms with Gasteiger partial charge in [-0.15, -0.1) is 11.3 Å². The summed E-state index contributed by atoms with van der Waals surface area (Å²) in [6.07, 6.45) is 0. The number of para-hydroxylation sites is 2. The van der Waals surface area contributed by atoms with E-state index in [-0.39, 0.29) is 35.4 Å². The minimum absolute atomic E-state index is 0.121. The Morgan fingerprint density at radius 2 is 0.826 bits per heavy atom. The van der Waals surface area contributed by atoms with Crippen LogP contribution in [0.2, 0.25) is 0 Å². The lowest BCUT2D eigenvalue weighted by atomic mass is 9.91. The van der Waals surface area contributed by atoms with E-state index >= 15 is 0 Å². The van der Waals surface area contributed by atoms with E-state index in [0.717, 1.165) is 72.0 Å². The van der Waals surface area contributed by atoms with Crippen molar-refractivity contribution < 1.29 is 5.48 Å². The molecule has 2 heterocycles. The Labute approximate surface area is 411 Å². The molecule has 0 radical (unpaired) electrons. The van der Waals surface area contributed by atoms with Crippen LogP contribution in [0.25, 0.3) is 103 Å². The molecule has 0 bridgehead atoms. The van der Waals surface area contributed by atoms with Gasteiger partial charge in [0, 0.05) is 53.7 Å². The zero-order chi connectivity index (χ0) is 49.2. The highest BCUT2D eigenvalue weighted by molar-refractivity contribution is 7.25. The van der Waals surface area contributed by atoms with Crippen molar-refractivity contribution in [1.82, 2.24) is 4.57 Å². The van der Waals surface area contributed by atoms with Crippen molar-refractivity contribution >= 4 is 70.4 Å². The van der Waals surface area contributed by atoms with Crippen LogP contribution in [0.15, 0.2) is 267 Å². The molecule has 0 fully saturated rings. The Kier molecular flexibility index (Phi) is 9.04. The summed E-state index contributed by atoms with van der Waals surface area (Å²) in [7, 11) is 0. The van der Waals surface area contributed by atoms with Crippen LogP contribution in [0, 0.1) is 0 Å². The fraction of sp³-hybridized carbons (Fsp3) is 0. The van der Waals surface area contributed by atoms with Gasteiger partial charge in [0.05, 0.1) is 16.5 Å². The van der Waals surface area contributed by atoms with Crippen LogP contribution in [0.1, 0.15) is 5.48 Å². The molecule has 0 aliphatic carbocycles. The number of aromatic nitrogens is 1. The van der Waals surface area contributed by atoms with Gasteiger partial charge in [-0.1, -0.05) is 176 Å². The maximum absolute atomic E-state index is 9.96. The number of anilines is 3. The number of hydrogen-bond donors (Lipinski definition) is 0. The Bertz CT molecular complexity index is 4110. The summed E-state index contributed by atoms with van der Waals surface area (Å²) < 4.78 is 44.5. The summed E-state index contributed by atoms with van der Waals surface area (Å²) >= 11 is 1.77. The van der Waals surface area contributed by atoms with E-state index in [2.05, 4.69) is 150 Å². The molecule has 0 aliphatic rings. The highest BCUT2D eigenvalue weighted by Crippen LogP contribution is 2.44. The quantitative estimate of drug-likeness (QED) is 0.140. The average Bonchev–Trinajstić information content (AvgIpc) is 4.00. The Balaban J connectivity index is 1.02. The molecule has 0 saturated carbocycles. The molecule has 2 aromatic heterocycles. The number of thiophene rings is 1. The molecule has 0 atom stereocenters. The highest BCUT2D eigenvalue weighted by Gasteiger charge is 2.19. The van der Waals surface area contributed by atoms with E-state index in [1.165, 1.54) is 20.2 Å². The standard InChI is InChI=1S/C66H44N2S/c1-4-15-45(16-5-1)47-27-34-55(35-28-47)67(56-36-29-48(30-37-56)46-17-6-2-7-18-46)57-38-31-49(32-39-57)51-41-52(50-33-40-60-59-21-11-13-26-64(59)69-65(60)44-50)43-53(42-51)58-23-14-25-63-66(58)61-22-10-12-24-62(61)68(63)54-19-8-3-9-20-54/h1-44H/i31D,32D,38D,39D. The first-order chi connectivity index (χ1) is 35.9. The van der Waals surface area contributed by atoms with E-state index in [1.54, 1.807) is 11.3 Å². The Morgan fingerprint density at radius 3 is 1.49 bits per heavy atom. The lowest BCUT2D eigenvalue weighted by Crippen LogP contribution is -2.09. The molecular formula is C66H44N2S. The zero-order valence-corrected chi connectivity index (χ0v) is 38.2. The van der Waals surface area contributed by atoms with Gasteiger partial charge in [-0.05, 0) is 147 Å². The molecule has 324 valence electrons. The topological polar surface area (TPSA) is 8.17 Å². The van der Waals surface area contributed by atoms with Crippen LogP contribution >= 0.6 is 11.3 Å². The van der Waals surface area contributed by atoms with Crippen molar-refractivity contribution in [3.63, 3.8) is 0 Å². The summed E-state index contributed by atoms with van der Waals surface area (Å²) in [6, 6.07) is 82.8. The molecule has 2 nitrogen and oxygen atoms in total. The van der Waals surface area contributed by atoms with Crippen molar-refractivity contribution in [2.45, 2.75) is 0 Å². The van der Waals surface area contributed by atoms with Gasteiger partial charge in [0.15, 0.2) is 0 Å². The first-order valence-corrected chi connectivity index (χ1v) is 24.1. The predicted molar refractivity (Wildman–Crippen MR) is 296 cm³/mol. The van der Waals surface area contributed by atoms with Crippen LogP contribution in [0.5, 0.6) is 0 Å². The van der Waals surface area contributed by atoms with E-state index in [1.807, 2.05) is 102 Å². The Morgan fingerprint density at radius 1 is 0.319 bits per heavy atom. The van der Waals surface area contributed by atoms with Crippen LogP contribution in [0.4, 0.5) is 17.1 Å². The van der Waals surface area contributed by atoms with Crippen molar-refractivity contribution in [2.75, 3.05) is 4.90 Å². The lowest BCUT2D eigenvalue weighted by Gasteiger charge is -2.26. The van der Waals surface area contributed by atoms with Crippen molar-refractivity contribution in [1.29, 1.82) is 0 Å². The van der Waals surface area contributed by atoms with Crippen molar-refractivity contribution in [2.24, 2.45) is 0 Å². The normalized spacial score (nSPS) is 12.3. The first kappa shape index (κ1) is 36.4. The second-order valence-electron chi connectivity index (χ2n) is 17.4. The van der Waals surface area contributed by atoms with Crippen LogP contribution in [-0.2, 0) is 0 Å². The largest absolute Gasteiger partial charge is 0.311 e. The first-order valence-electron chi connectivity index (χ1n) is 25.2. The molecule has 11 aromatic carbocycles. The van der Waals surface area contributed by atoms with E-state index in [9.17, 15) is 5.48 Å². The molecule has 0 unspecified atom stereocenters. The molecule has 69 heavy (non-hydrogen) atoms. The number of fused-ring (bicyclic) bond motifs is 6. The molecule has 0 aliphatic heterocycles. The summed E-state index contributed by atoms with van der Waals surface area (Å²) in [5, 5.41) is 4.62. The van der Waals surface area contributed by atoms with Crippen LogP contribution in [0.3, 0.4) is 0 Å². The van der Waals surface area contributed by atoms with E-state index < -0.39 is 0 Å². The van der Waals surface area contributed by atoms with Crippen LogP contribution < -0.4 is 4.90 Å². The number of benzene rings is 11. The van der Waals surface area contributed by atoms with Gasteiger partial charge in [-0.3, -0.25) is 0 Å². The number of rotatable bonds is 9. The second kappa shape index (κ2) is 17.2. The van der Waals surface area contributed by atoms with Crippen LogP contribution in [-0.4, -0.2) is 4.57 Å². The molecule has 3 heteroatoms. The highest BCUT2D eigenvalue weighted by atomic mass is 32.1. The maximum Gasteiger partial charge on any atom is 0.0645 e.